The number of alkyl halides is 3. The maximum absolute atomic E-state index is 13.9. The molecule has 2 aromatic carbocycles. The Kier molecular flexibility index (Phi) is 6.79. The molecule has 0 aliphatic carbocycles. The van der Waals surface area contributed by atoms with Gasteiger partial charge in [0.15, 0.2) is 5.82 Å². The zero-order valence-electron chi connectivity index (χ0n) is 18.7. The number of carbonyl (C=O) groups is 1. The zero-order chi connectivity index (χ0) is 25.2. The molecule has 0 radical (unpaired) electrons. The number of carbonyl (C=O) groups excluding carboxylic acids is 1. The zero-order valence-corrected chi connectivity index (χ0v) is 19.5. The lowest BCUT2D eigenvalue weighted by Gasteiger charge is -2.17. The Morgan fingerprint density at radius 3 is 2.17 bits per heavy atom. The third-order valence-electron chi connectivity index (χ3n) is 5.02. The van der Waals surface area contributed by atoms with Gasteiger partial charge in [0, 0.05) is 5.56 Å². The van der Waals surface area contributed by atoms with Gasteiger partial charge < -0.3 is 10.5 Å². The van der Waals surface area contributed by atoms with E-state index in [0.29, 0.717) is 11.1 Å². The van der Waals surface area contributed by atoms with Crippen molar-refractivity contribution < 1.29 is 22.7 Å². The largest absolute Gasteiger partial charge is 0.462 e. The second-order valence-corrected chi connectivity index (χ2v) is 8.02. The van der Waals surface area contributed by atoms with E-state index in [1.165, 1.54) is 0 Å². The summed E-state index contributed by atoms with van der Waals surface area (Å²) in [5.74, 6) is -2.48. The SMILES string of the molecule is CCOC(=O)c1c(SC)nn(-c2nc(C(F)(F)F)nc(-c3ccccc3)c2-c2ccccc2)c1N. The number of hydrogen-bond donors (Lipinski definition) is 1. The number of thioether (sulfide) groups is 1. The van der Waals surface area contributed by atoms with Crippen LogP contribution in [0.25, 0.3) is 28.2 Å². The van der Waals surface area contributed by atoms with Crippen molar-refractivity contribution in [1.29, 1.82) is 0 Å². The molecule has 35 heavy (non-hydrogen) atoms. The van der Waals surface area contributed by atoms with E-state index in [-0.39, 0.29) is 40.1 Å². The first-order chi connectivity index (χ1) is 16.8. The van der Waals surface area contributed by atoms with E-state index in [1.807, 2.05) is 0 Å². The first-order valence-corrected chi connectivity index (χ1v) is 11.7. The van der Waals surface area contributed by atoms with Gasteiger partial charge in [0.05, 0.1) is 17.9 Å². The highest BCUT2D eigenvalue weighted by Gasteiger charge is 2.38. The molecule has 4 aromatic rings. The maximum atomic E-state index is 13.9. The summed E-state index contributed by atoms with van der Waals surface area (Å²) in [6.07, 6.45) is -3.18. The highest BCUT2D eigenvalue weighted by molar-refractivity contribution is 7.98. The molecule has 7 nitrogen and oxygen atoms in total. The summed E-state index contributed by atoms with van der Waals surface area (Å²) in [6, 6.07) is 17.2. The Labute approximate surface area is 203 Å². The third kappa shape index (κ3) is 4.72. The summed E-state index contributed by atoms with van der Waals surface area (Å²) in [6.45, 7) is 1.73. The molecule has 0 aliphatic heterocycles. The summed E-state index contributed by atoms with van der Waals surface area (Å²) in [4.78, 5) is 20.3. The highest BCUT2D eigenvalue weighted by Crippen LogP contribution is 2.39. The van der Waals surface area contributed by atoms with Crippen LogP contribution in [0.5, 0.6) is 0 Å². The van der Waals surface area contributed by atoms with Crippen LogP contribution in [0.15, 0.2) is 65.7 Å². The van der Waals surface area contributed by atoms with Crippen LogP contribution in [0.3, 0.4) is 0 Å². The lowest BCUT2D eigenvalue weighted by atomic mass is 9.99. The third-order valence-corrected chi connectivity index (χ3v) is 5.69. The van der Waals surface area contributed by atoms with Crippen LogP contribution < -0.4 is 5.73 Å². The number of anilines is 1. The molecule has 2 N–H and O–H groups in total. The second-order valence-electron chi connectivity index (χ2n) is 7.23. The van der Waals surface area contributed by atoms with E-state index in [4.69, 9.17) is 10.5 Å². The van der Waals surface area contributed by atoms with Crippen LogP contribution >= 0.6 is 11.8 Å². The Bertz CT molecular complexity index is 1360. The van der Waals surface area contributed by atoms with Gasteiger partial charge in [0.25, 0.3) is 0 Å². The van der Waals surface area contributed by atoms with Gasteiger partial charge in [-0.1, -0.05) is 60.7 Å². The molecule has 0 aliphatic rings. The van der Waals surface area contributed by atoms with Crippen molar-refractivity contribution in [3.63, 3.8) is 0 Å². The van der Waals surface area contributed by atoms with Crippen molar-refractivity contribution in [2.45, 2.75) is 18.1 Å². The van der Waals surface area contributed by atoms with E-state index in [9.17, 15) is 18.0 Å². The Balaban J connectivity index is 2.12. The average molecular weight is 500 g/mol. The van der Waals surface area contributed by atoms with E-state index in [0.717, 1.165) is 16.4 Å². The first-order valence-electron chi connectivity index (χ1n) is 10.5. The molecule has 0 unspecified atom stereocenters. The van der Waals surface area contributed by atoms with Gasteiger partial charge >= 0.3 is 12.1 Å². The quantitative estimate of drug-likeness (QED) is 0.277. The number of esters is 1. The van der Waals surface area contributed by atoms with E-state index in [1.54, 1.807) is 73.8 Å². The number of benzene rings is 2. The van der Waals surface area contributed by atoms with Crippen LogP contribution in [0, 0.1) is 0 Å². The number of nitrogens with zero attached hydrogens (tertiary/aromatic N) is 4. The summed E-state index contributed by atoms with van der Waals surface area (Å²) in [5.41, 5.74) is 7.57. The van der Waals surface area contributed by atoms with Crippen molar-refractivity contribution in [2.24, 2.45) is 0 Å². The number of nitrogen functional groups attached to an aromatic ring is 1. The molecule has 0 fully saturated rings. The predicted octanol–water partition coefficient (Wildman–Crippen LogP) is 5.50. The van der Waals surface area contributed by atoms with Crippen LogP contribution in [0.4, 0.5) is 19.0 Å². The van der Waals surface area contributed by atoms with Gasteiger partial charge in [0.1, 0.15) is 16.4 Å². The van der Waals surface area contributed by atoms with E-state index >= 15 is 0 Å². The summed E-state index contributed by atoms with van der Waals surface area (Å²) in [7, 11) is 0. The molecule has 2 heterocycles. The number of nitrogens with two attached hydrogens (primary N) is 1. The molecule has 0 saturated carbocycles. The van der Waals surface area contributed by atoms with Gasteiger partial charge in [0.2, 0.25) is 5.82 Å². The minimum atomic E-state index is -4.85. The van der Waals surface area contributed by atoms with Crippen LogP contribution in [0.1, 0.15) is 23.1 Å². The fourth-order valence-corrected chi connectivity index (χ4v) is 4.07. The van der Waals surface area contributed by atoms with Gasteiger partial charge in [-0.3, -0.25) is 0 Å². The Morgan fingerprint density at radius 1 is 1.03 bits per heavy atom. The molecule has 0 bridgehead atoms. The van der Waals surface area contributed by atoms with Crippen molar-refractivity contribution in [2.75, 3.05) is 18.6 Å². The summed E-state index contributed by atoms with van der Waals surface area (Å²) < 4.78 is 47.9. The number of halogens is 3. The van der Waals surface area contributed by atoms with Crippen molar-refractivity contribution in [1.82, 2.24) is 19.7 Å². The van der Waals surface area contributed by atoms with Crippen LogP contribution in [0.2, 0.25) is 0 Å². The summed E-state index contributed by atoms with van der Waals surface area (Å²) >= 11 is 1.11. The second kappa shape index (κ2) is 9.79. The van der Waals surface area contributed by atoms with Crippen molar-refractivity contribution >= 4 is 23.5 Å². The molecule has 4 rings (SSSR count). The van der Waals surface area contributed by atoms with E-state index in [2.05, 4.69) is 15.1 Å². The maximum Gasteiger partial charge on any atom is 0.451 e. The number of aromatic nitrogens is 4. The van der Waals surface area contributed by atoms with Crippen molar-refractivity contribution in [3.05, 3.63) is 72.1 Å². The van der Waals surface area contributed by atoms with Gasteiger partial charge in [-0.2, -0.15) is 23.0 Å². The van der Waals surface area contributed by atoms with Gasteiger partial charge in [-0.05, 0) is 18.7 Å². The minimum absolute atomic E-state index is 0.0354. The van der Waals surface area contributed by atoms with Gasteiger partial charge in [-0.25, -0.2) is 14.8 Å². The molecule has 0 atom stereocenters. The molecular formula is C24H20F3N5O2S. The molecule has 11 heteroatoms. The van der Waals surface area contributed by atoms with E-state index < -0.39 is 18.0 Å². The van der Waals surface area contributed by atoms with Crippen molar-refractivity contribution in [3.8, 4) is 28.2 Å². The summed E-state index contributed by atoms with van der Waals surface area (Å²) in [5, 5.41) is 4.54. The smallest absolute Gasteiger partial charge is 0.451 e. The molecule has 2 aromatic heterocycles. The first kappa shape index (κ1) is 24.3. The minimum Gasteiger partial charge on any atom is -0.462 e. The Hall–Kier alpha value is -3.86. The fraction of sp³-hybridized carbons (Fsp3) is 0.167. The predicted molar refractivity (Wildman–Crippen MR) is 127 cm³/mol. The molecule has 180 valence electrons. The lowest BCUT2D eigenvalue weighted by molar-refractivity contribution is -0.144. The molecule has 0 saturated heterocycles. The van der Waals surface area contributed by atoms with Crippen LogP contribution in [-0.4, -0.2) is 38.6 Å². The fourth-order valence-electron chi connectivity index (χ4n) is 3.51. The highest BCUT2D eigenvalue weighted by atomic mass is 32.2. The molecule has 0 amide bonds. The van der Waals surface area contributed by atoms with Gasteiger partial charge in [-0.15, -0.1) is 11.8 Å². The molecular weight excluding hydrogens is 479 g/mol. The monoisotopic (exact) mass is 499 g/mol. The normalized spacial score (nSPS) is 11.5. The lowest BCUT2D eigenvalue weighted by Crippen LogP contribution is -2.17. The van der Waals surface area contributed by atoms with Crippen LogP contribution in [-0.2, 0) is 10.9 Å². The average Bonchev–Trinajstić information content (AvgIpc) is 3.20. The number of hydrogen-bond acceptors (Lipinski definition) is 7. The standard InChI is InChI=1S/C24H20F3N5O2S/c1-3-34-22(33)17-19(28)32(31-21(17)35-2)20-16(14-10-6-4-7-11-14)18(15-12-8-5-9-13-15)29-23(30-20)24(25,26)27/h4-13H,3,28H2,1-2H3. The topological polar surface area (TPSA) is 95.9 Å². The Morgan fingerprint density at radius 2 is 1.63 bits per heavy atom. The molecule has 0 spiro atoms. The number of rotatable bonds is 6. The number of ether oxygens (including phenoxy) is 1.